The zero-order valence-corrected chi connectivity index (χ0v) is 30.0. The molecule has 9 aromatic carbocycles. The average molecular weight is 697 g/mol. The molecule has 3 heterocycles. The smallest absolute Gasteiger partial charge is 0.333 e. The van der Waals surface area contributed by atoms with Crippen molar-refractivity contribution < 1.29 is 0 Å². The Morgan fingerprint density at radius 1 is 0.382 bits per heavy atom. The summed E-state index contributed by atoms with van der Waals surface area (Å²) in [5.41, 5.74) is 18.7. The van der Waals surface area contributed by atoms with E-state index >= 15 is 0 Å². The molecule has 10 aromatic rings. The summed E-state index contributed by atoms with van der Waals surface area (Å²) >= 11 is 0. The SMILES string of the molecule is c1ccc(-c2ccc(N3c4ccc(-c5ccccc5)cc4B4c5c(cc(-c6ccccc6)cc53)-c3cccc5c6c7ccccc7ccc6n4c35)cc2)cc1. The van der Waals surface area contributed by atoms with E-state index < -0.39 is 0 Å². The molecule has 0 atom stereocenters. The molecule has 0 saturated heterocycles. The average Bonchev–Trinajstić information content (AvgIpc) is 3.61. The van der Waals surface area contributed by atoms with Crippen molar-refractivity contribution in [2.24, 2.45) is 0 Å². The van der Waals surface area contributed by atoms with Gasteiger partial charge in [-0.1, -0.05) is 164 Å². The van der Waals surface area contributed by atoms with Crippen LogP contribution in [0.4, 0.5) is 17.1 Å². The van der Waals surface area contributed by atoms with Crippen molar-refractivity contribution in [3.63, 3.8) is 0 Å². The summed E-state index contributed by atoms with van der Waals surface area (Å²) in [7, 11) is 0. The zero-order chi connectivity index (χ0) is 36.0. The number of anilines is 3. The molecule has 1 aromatic heterocycles. The highest BCUT2D eigenvalue weighted by molar-refractivity contribution is 6.90. The topological polar surface area (TPSA) is 8.17 Å². The summed E-state index contributed by atoms with van der Waals surface area (Å²) in [5.74, 6) is 0. The minimum Gasteiger partial charge on any atom is -0.375 e. The molecule has 12 rings (SSSR count). The van der Waals surface area contributed by atoms with Crippen molar-refractivity contribution in [2.75, 3.05) is 4.90 Å². The highest BCUT2D eigenvalue weighted by Crippen LogP contribution is 2.48. The van der Waals surface area contributed by atoms with Crippen molar-refractivity contribution in [3.05, 3.63) is 200 Å². The van der Waals surface area contributed by atoms with Gasteiger partial charge >= 0.3 is 6.85 Å². The van der Waals surface area contributed by atoms with Gasteiger partial charge in [-0.2, -0.15) is 0 Å². The zero-order valence-electron chi connectivity index (χ0n) is 30.0. The lowest BCUT2D eigenvalue weighted by atomic mass is 9.44. The summed E-state index contributed by atoms with van der Waals surface area (Å²) in [4.78, 5) is 2.52. The third-order valence-corrected chi connectivity index (χ3v) is 11.9. The van der Waals surface area contributed by atoms with E-state index in [1.807, 2.05) is 0 Å². The molecule has 0 fully saturated rings. The number of benzene rings is 9. The van der Waals surface area contributed by atoms with Crippen molar-refractivity contribution in [3.8, 4) is 44.5 Å². The molecular formula is C52H33BN2. The number of rotatable bonds is 4. The highest BCUT2D eigenvalue weighted by Gasteiger charge is 2.43. The summed E-state index contributed by atoms with van der Waals surface area (Å²) in [6.07, 6.45) is 0. The van der Waals surface area contributed by atoms with Crippen LogP contribution >= 0.6 is 0 Å². The Morgan fingerprint density at radius 2 is 1.00 bits per heavy atom. The fourth-order valence-corrected chi connectivity index (χ4v) is 9.54. The molecule has 3 heteroatoms. The van der Waals surface area contributed by atoms with Gasteiger partial charge in [0, 0.05) is 44.4 Å². The first-order valence-corrected chi connectivity index (χ1v) is 19.1. The minimum atomic E-state index is -0.0376. The Balaban J connectivity index is 1.21. The Hall–Kier alpha value is -7.10. The van der Waals surface area contributed by atoms with E-state index in [2.05, 4.69) is 210 Å². The van der Waals surface area contributed by atoms with Crippen LogP contribution in [-0.2, 0) is 0 Å². The van der Waals surface area contributed by atoms with Gasteiger partial charge in [0.25, 0.3) is 0 Å². The van der Waals surface area contributed by atoms with Gasteiger partial charge in [-0.3, -0.25) is 0 Å². The summed E-state index contributed by atoms with van der Waals surface area (Å²) < 4.78 is 2.67. The molecule has 0 bridgehead atoms. The summed E-state index contributed by atoms with van der Waals surface area (Å²) in [5, 5.41) is 5.20. The first-order valence-electron chi connectivity index (χ1n) is 19.1. The van der Waals surface area contributed by atoms with E-state index in [4.69, 9.17) is 0 Å². The normalized spacial score (nSPS) is 12.7. The Morgan fingerprint density at radius 3 is 1.75 bits per heavy atom. The van der Waals surface area contributed by atoms with Crippen LogP contribution in [0, 0.1) is 0 Å². The fourth-order valence-electron chi connectivity index (χ4n) is 9.54. The summed E-state index contributed by atoms with van der Waals surface area (Å²) in [6, 6.07) is 74.0. The lowest BCUT2D eigenvalue weighted by Gasteiger charge is -2.41. The molecule has 0 unspecified atom stereocenters. The lowest BCUT2D eigenvalue weighted by Crippen LogP contribution is -2.56. The molecule has 2 aliphatic rings. The molecule has 254 valence electrons. The molecule has 55 heavy (non-hydrogen) atoms. The maximum atomic E-state index is 2.67. The quantitative estimate of drug-likeness (QED) is 0.166. The van der Waals surface area contributed by atoms with E-state index in [0.29, 0.717) is 0 Å². The fraction of sp³-hybridized carbons (Fsp3) is 0. The van der Waals surface area contributed by atoms with Crippen LogP contribution in [0.25, 0.3) is 77.1 Å². The van der Waals surface area contributed by atoms with Gasteiger partial charge in [0.2, 0.25) is 0 Å². The van der Waals surface area contributed by atoms with E-state index in [0.717, 1.165) is 5.69 Å². The van der Waals surface area contributed by atoms with Crippen LogP contribution in [0.1, 0.15) is 0 Å². The number of fused-ring (bicyclic) bond motifs is 9. The van der Waals surface area contributed by atoms with Crippen LogP contribution in [0.3, 0.4) is 0 Å². The highest BCUT2D eigenvalue weighted by atomic mass is 15.2. The van der Waals surface area contributed by atoms with Crippen LogP contribution in [0.2, 0.25) is 0 Å². The van der Waals surface area contributed by atoms with Gasteiger partial charge in [0.15, 0.2) is 0 Å². The maximum Gasteiger partial charge on any atom is 0.333 e. The van der Waals surface area contributed by atoms with Crippen molar-refractivity contribution in [1.82, 2.24) is 4.48 Å². The van der Waals surface area contributed by atoms with Gasteiger partial charge in [0.05, 0.1) is 0 Å². The standard InChI is InChI=1S/C52H33BN2/c1-4-13-34(14-5-1)37-23-27-41(28-24-37)54-47-29-26-39(35-15-6-2-7-16-35)32-46(47)53-51-45(31-40(33-49(51)54)36-17-8-3-9-18-36)43-21-12-22-44-50-42-20-11-10-19-38(42)25-30-48(50)55(53)52(43)44/h1-33H. The first-order chi connectivity index (χ1) is 27.3. The monoisotopic (exact) mass is 696 g/mol. The first kappa shape index (κ1) is 30.4. The second-order valence-corrected chi connectivity index (χ2v) is 14.9. The molecule has 0 radical (unpaired) electrons. The van der Waals surface area contributed by atoms with E-state index in [1.54, 1.807) is 0 Å². The predicted octanol–water partition coefficient (Wildman–Crippen LogP) is 12.4. The second kappa shape index (κ2) is 11.7. The van der Waals surface area contributed by atoms with E-state index in [-0.39, 0.29) is 6.85 Å². The molecule has 0 aliphatic carbocycles. The number of aromatic nitrogens is 1. The van der Waals surface area contributed by atoms with E-state index in [9.17, 15) is 0 Å². The van der Waals surface area contributed by atoms with Gasteiger partial charge < -0.3 is 9.38 Å². The van der Waals surface area contributed by atoms with Crippen LogP contribution < -0.4 is 15.8 Å². The third kappa shape index (κ3) is 4.44. The third-order valence-electron chi connectivity index (χ3n) is 11.9. The predicted molar refractivity (Wildman–Crippen MR) is 234 cm³/mol. The maximum absolute atomic E-state index is 2.67. The van der Waals surface area contributed by atoms with Crippen molar-refractivity contribution in [1.29, 1.82) is 0 Å². The van der Waals surface area contributed by atoms with Gasteiger partial charge in [-0.25, -0.2) is 0 Å². The number of hydrogen-bond acceptors (Lipinski definition) is 1. The molecule has 0 amide bonds. The van der Waals surface area contributed by atoms with Gasteiger partial charge in [-0.05, 0) is 97.0 Å². The Kier molecular flexibility index (Phi) is 6.46. The molecule has 0 saturated carbocycles. The molecule has 0 spiro atoms. The Labute approximate surface area is 320 Å². The summed E-state index contributed by atoms with van der Waals surface area (Å²) in [6.45, 7) is -0.0376. The molecule has 0 N–H and O–H groups in total. The number of hydrogen-bond donors (Lipinski definition) is 0. The van der Waals surface area contributed by atoms with Gasteiger partial charge in [-0.15, -0.1) is 0 Å². The van der Waals surface area contributed by atoms with Crippen molar-refractivity contribution >= 4 is 67.4 Å². The Bertz CT molecular complexity index is 3130. The van der Waals surface area contributed by atoms with Crippen LogP contribution in [0.15, 0.2) is 200 Å². The largest absolute Gasteiger partial charge is 0.375 e. The van der Waals surface area contributed by atoms with Crippen molar-refractivity contribution in [2.45, 2.75) is 0 Å². The van der Waals surface area contributed by atoms with Crippen LogP contribution in [0.5, 0.6) is 0 Å². The molecule has 2 aliphatic heterocycles. The second-order valence-electron chi connectivity index (χ2n) is 14.9. The van der Waals surface area contributed by atoms with E-state index in [1.165, 1.54) is 99.4 Å². The number of para-hydroxylation sites is 1. The molecular weight excluding hydrogens is 663 g/mol. The molecule has 2 nitrogen and oxygen atoms in total. The lowest BCUT2D eigenvalue weighted by molar-refractivity contribution is 1.25. The van der Waals surface area contributed by atoms with Crippen LogP contribution in [-0.4, -0.2) is 11.3 Å². The van der Waals surface area contributed by atoms with Gasteiger partial charge in [0.1, 0.15) is 0 Å². The minimum absolute atomic E-state index is 0.0376. The number of nitrogens with zero attached hydrogens (tertiary/aromatic N) is 2.